The van der Waals surface area contributed by atoms with Crippen LogP contribution in [0.2, 0.25) is 0 Å². The maximum atomic E-state index is 11.6. The lowest BCUT2D eigenvalue weighted by Crippen LogP contribution is -2.60. The summed E-state index contributed by atoms with van der Waals surface area (Å²) < 4.78 is 23.1. The number of rotatable bonds is 6. The van der Waals surface area contributed by atoms with E-state index in [1.165, 1.54) is 44.8 Å². The van der Waals surface area contributed by atoms with Gasteiger partial charge in [0.1, 0.15) is 9.84 Å². The summed E-state index contributed by atoms with van der Waals surface area (Å²) in [4.78, 5) is 2.52. The maximum absolute atomic E-state index is 11.6. The van der Waals surface area contributed by atoms with E-state index >= 15 is 0 Å². The van der Waals surface area contributed by atoms with Crippen LogP contribution in [0, 0.1) is 0 Å². The van der Waals surface area contributed by atoms with E-state index in [0.717, 1.165) is 6.54 Å². The van der Waals surface area contributed by atoms with E-state index in [0.29, 0.717) is 23.9 Å². The van der Waals surface area contributed by atoms with Crippen molar-refractivity contribution in [3.63, 3.8) is 0 Å². The lowest BCUT2D eigenvalue weighted by Gasteiger charge is -2.51. The van der Waals surface area contributed by atoms with Crippen LogP contribution >= 0.6 is 0 Å². The zero-order valence-corrected chi connectivity index (χ0v) is 14.0. The number of nitrogens with one attached hydrogen (secondary N) is 1. The molecule has 0 saturated carbocycles. The van der Waals surface area contributed by atoms with Crippen LogP contribution in [0.15, 0.2) is 0 Å². The van der Waals surface area contributed by atoms with Crippen LogP contribution in [-0.2, 0) is 9.84 Å². The summed E-state index contributed by atoms with van der Waals surface area (Å²) >= 11 is 0. The number of nitrogens with zero attached hydrogens (tertiary/aromatic N) is 1. The van der Waals surface area contributed by atoms with Crippen molar-refractivity contribution >= 4 is 9.84 Å². The Morgan fingerprint density at radius 3 is 2.35 bits per heavy atom. The fourth-order valence-electron chi connectivity index (χ4n) is 4.18. The molecule has 2 aliphatic rings. The van der Waals surface area contributed by atoms with Gasteiger partial charge in [0, 0.05) is 30.4 Å². The van der Waals surface area contributed by atoms with Crippen LogP contribution in [0.4, 0.5) is 0 Å². The van der Waals surface area contributed by atoms with Crippen molar-refractivity contribution in [2.45, 2.75) is 76.5 Å². The number of sulfone groups is 1. The minimum Gasteiger partial charge on any atom is -0.314 e. The standard InChI is InChI=1S/C15H30N2O2S/c1-4-8-16-13-9-14-6-5-7-15(10-13)17(14)12(2)11-20(3,18)19/h12-16H,4-11H2,1-3H3. The Bertz CT molecular complexity index is 396. The van der Waals surface area contributed by atoms with Crippen LogP contribution in [0.1, 0.15) is 52.4 Å². The first-order valence-electron chi connectivity index (χ1n) is 8.09. The highest BCUT2D eigenvalue weighted by atomic mass is 32.2. The molecule has 4 nitrogen and oxygen atoms in total. The van der Waals surface area contributed by atoms with E-state index in [1.807, 2.05) is 0 Å². The molecule has 3 atom stereocenters. The second-order valence-electron chi connectivity index (χ2n) is 6.75. The summed E-state index contributed by atoms with van der Waals surface area (Å²) in [6.45, 7) is 5.40. The number of hydrogen-bond donors (Lipinski definition) is 1. The summed E-state index contributed by atoms with van der Waals surface area (Å²) in [6, 6.07) is 1.95. The summed E-state index contributed by atoms with van der Waals surface area (Å²) in [5.41, 5.74) is 0. The number of fused-ring (bicyclic) bond motifs is 2. The Morgan fingerprint density at radius 1 is 1.25 bits per heavy atom. The van der Waals surface area contributed by atoms with Gasteiger partial charge in [0.15, 0.2) is 0 Å². The molecule has 2 saturated heterocycles. The molecular formula is C15H30N2O2S. The molecule has 118 valence electrons. The van der Waals surface area contributed by atoms with Gasteiger partial charge in [-0.2, -0.15) is 0 Å². The molecule has 0 radical (unpaired) electrons. The fraction of sp³-hybridized carbons (Fsp3) is 1.00. The monoisotopic (exact) mass is 302 g/mol. The van der Waals surface area contributed by atoms with Crippen LogP contribution in [-0.4, -0.2) is 56.0 Å². The van der Waals surface area contributed by atoms with E-state index in [2.05, 4.69) is 24.1 Å². The molecule has 5 heteroatoms. The van der Waals surface area contributed by atoms with Gasteiger partial charge in [-0.1, -0.05) is 13.3 Å². The van der Waals surface area contributed by atoms with Crippen molar-refractivity contribution in [1.29, 1.82) is 0 Å². The molecule has 2 aliphatic heterocycles. The van der Waals surface area contributed by atoms with Gasteiger partial charge in [-0.15, -0.1) is 0 Å². The van der Waals surface area contributed by atoms with Crippen LogP contribution < -0.4 is 5.32 Å². The molecule has 2 bridgehead atoms. The van der Waals surface area contributed by atoms with Crippen molar-refractivity contribution in [2.24, 2.45) is 0 Å². The van der Waals surface area contributed by atoms with E-state index in [1.54, 1.807) is 0 Å². The second kappa shape index (κ2) is 6.75. The van der Waals surface area contributed by atoms with Gasteiger partial charge in [-0.05, 0) is 45.6 Å². The zero-order valence-electron chi connectivity index (χ0n) is 13.1. The van der Waals surface area contributed by atoms with Gasteiger partial charge in [0.05, 0.1) is 5.75 Å². The molecule has 0 aromatic carbocycles. The first-order chi connectivity index (χ1) is 9.40. The van der Waals surface area contributed by atoms with Crippen molar-refractivity contribution in [3.8, 4) is 0 Å². The van der Waals surface area contributed by atoms with E-state index in [-0.39, 0.29) is 6.04 Å². The van der Waals surface area contributed by atoms with Crippen molar-refractivity contribution in [2.75, 3.05) is 18.6 Å². The first kappa shape index (κ1) is 16.2. The topological polar surface area (TPSA) is 49.4 Å². The molecule has 0 aromatic rings. The first-order valence-corrected chi connectivity index (χ1v) is 10.1. The van der Waals surface area contributed by atoms with E-state index < -0.39 is 9.84 Å². The SMILES string of the molecule is CCCNC1CC2CCCC(C1)N2C(C)CS(C)(=O)=O. The third-order valence-corrected chi connectivity index (χ3v) is 5.85. The molecule has 0 spiro atoms. The van der Waals surface area contributed by atoms with E-state index in [4.69, 9.17) is 0 Å². The molecule has 2 rings (SSSR count). The zero-order chi connectivity index (χ0) is 14.8. The predicted octanol–water partition coefficient (Wildman–Crippen LogP) is 1.80. The summed E-state index contributed by atoms with van der Waals surface area (Å²) in [6.07, 6.45) is 8.67. The van der Waals surface area contributed by atoms with Crippen LogP contribution in [0.25, 0.3) is 0 Å². The average molecular weight is 302 g/mol. The normalized spacial score (nSPS) is 33.0. The Balaban J connectivity index is 2.01. The van der Waals surface area contributed by atoms with Crippen LogP contribution in [0.5, 0.6) is 0 Å². The largest absolute Gasteiger partial charge is 0.314 e. The summed E-state index contributed by atoms with van der Waals surface area (Å²) in [5, 5.41) is 3.66. The molecule has 0 aromatic heterocycles. The molecule has 20 heavy (non-hydrogen) atoms. The molecule has 2 heterocycles. The third kappa shape index (κ3) is 4.18. The highest BCUT2D eigenvalue weighted by Crippen LogP contribution is 2.35. The third-order valence-electron chi connectivity index (χ3n) is 4.77. The number of piperidine rings is 2. The molecular weight excluding hydrogens is 272 g/mol. The smallest absolute Gasteiger partial charge is 0.148 e. The van der Waals surface area contributed by atoms with Gasteiger partial charge >= 0.3 is 0 Å². The lowest BCUT2D eigenvalue weighted by atomic mass is 9.81. The summed E-state index contributed by atoms with van der Waals surface area (Å²) in [5.74, 6) is 0.299. The average Bonchev–Trinajstić information content (AvgIpc) is 2.32. The second-order valence-corrected chi connectivity index (χ2v) is 8.93. The van der Waals surface area contributed by atoms with Crippen molar-refractivity contribution < 1.29 is 8.42 Å². The van der Waals surface area contributed by atoms with Gasteiger partial charge in [-0.3, -0.25) is 4.90 Å². The lowest BCUT2D eigenvalue weighted by molar-refractivity contribution is 0.00127. The predicted molar refractivity (Wildman–Crippen MR) is 83.8 cm³/mol. The minimum atomic E-state index is -2.89. The molecule has 1 N–H and O–H groups in total. The molecule has 3 unspecified atom stereocenters. The van der Waals surface area contributed by atoms with Gasteiger partial charge in [0.2, 0.25) is 0 Å². The van der Waals surface area contributed by atoms with Crippen LogP contribution in [0.3, 0.4) is 0 Å². The Morgan fingerprint density at radius 2 is 1.85 bits per heavy atom. The van der Waals surface area contributed by atoms with Gasteiger partial charge in [0.25, 0.3) is 0 Å². The molecule has 2 fully saturated rings. The summed E-state index contributed by atoms with van der Waals surface area (Å²) in [7, 11) is -2.89. The number of hydrogen-bond acceptors (Lipinski definition) is 4. The maximum Gasteiger partial charge on any atom is 0.148 e. The quantitative estimate of drug-likeness (QED) is 0.813. The Kier molecular flexibility index (Phi) is 5.49. The highest BCUT2D eigenvalue weighted by Gasteiger charge is 2.40. The fourth-order valence-corrected chi connectivity index (χ4v) is 5.23. The minimum absolute atomic E-state index is 0.160. The molecule has 0 aliphatic carbocycles. The van der Waals surface area contributed by atoms with E-state index in [9.17, 15) is 8.42 Å². The Hall–Kier alpha value is -0.130. The Labute approximate surface area is 124 Å². The van der Waals surface area contributed by atoms with Gasteiger partial charge in [-0.25, -0.2) is 8.42 Å². The highest BCUT2D eigenvalue weighted by molar-refractivity contribution is 7.90. The molecule has 0 amide bonds. The van der Waals surface area contributed by atoms with Crippen molar-refractivity contribution in [3.05, 3.63) is 0 Å². The van der Waals surface area contributed by atoms with Crippen molar-refractivity contribution in [1.82, 2.24) is 10.2 Å². The van der Waals surface area contributed by atoms with Gasteiger partial charge < -0.3 is 5.32 Å².